The van der Waals surface area contributed by atoms with Crippen molar-refractivity contribution in [2.24, 2.45) is 12.0 Å². The molecule has 1 aromatic heterocycles. The van der Waals surface area contributed by atoms with E-state index >= 15 is 0 Å². The SMILES string of the molecule is CN=C(NC1CC1c1c(F)cccc1Cl)N1CCN(c2cnn(C)c2)C(=O)C1.I. The van der Waals surface area contributed by atoms with Gasteiger partial charge in [0, 0.05) is 55.9 Å². The first-order valence-electron chi connectivity index (χ1n) is 9.19. The molecular formula is C19H23ClFIN6O. The topological polar surface area (TPSA) is 65.8 Å². The minimum absolute atomic E-state index is 0. The van der Waals surface area contributed by atoms with E-state index in [1.165, 1.54) is 6.07 Å². The van der Waals surface area contributed by atoms with Gasteiger partial charge >= 0.3 is 0 Å². The number of carbonyl (C=O) groups excluding carboxylic acids is 1. The predicted octanol–water partition coefficient (Wildman–Crippen LogP) is 2.61. The van der Waals surface area contributed by atoms with Gasteiger partial charge in [-0.15, -0.1) is 24.0 Å². The molecule has 1 aliphatic carbocycles. The number of halogens is 3. The minimum atomic E-state index is -0.281. The third-order valence-corrected chi connectivity index (χ3v) is 5.54. The van der Waals surface area contributed by atoms with E-state index < -0.39 is 0 Å². The number of benzene rings is 1. The van der Waals surface area contributed by atoms with Crippen LogP contribution in [0.4, 0.5) is 10.1 Å². The van der Waals surface area contributed by atoms with Crippen LogP contribution in [0.5, 0.6) is 0 Å². The van der Waals surface area contributed by atoms with Crippen molar-refractivity contribution in [3.05, 3.63) is 47.0 Å². The first-order valence-corrected chi connectivity index (χ1v) is 9.57. The molecule has 1 amide bonds. The van der Waals surface area contributed by atoms with Gasteiger partial charge < -0.3 is 15.1 Å². The van der Waals surface area contributed by atoms with Gasteiger partial charge in [0.2, 0.25) is 5.91 Å². The molecule has 2 fully saturated rings. The largest absolute Gasteiger partial charge is 0.353 e. The van der Waals surface area contributed by atoms with Gasteiger partial charge in [-0.1, -0.05) is 17.7 Å². The normalized spacial score (nSPS) is 21.8. The van der Waals surface area contributed by atoms with Crippen LogP contribution >= 0.6 is 35.6 Å². The molecule has 2 unspecified atom stereocenters. The monoisotopic (exact) mass is 532 g/mol. The van der Waals surface area contributed by atoms with E-state index in [0.717, 1.165) is 12.1 Å². The van der Waals surface area contributed by atoms with Crippen molar-refractivity contribution >= 4 is 53.1 Å². The molecule has 1 aromatic carbocycles. The molecule has 1 saturated heterocycles. The summed E-state index contributed by atoms with van der Waals surface area (Å²) in [6.07, 6.45) is 4.30. The average molecular weight is 533 g/mol. The number of rotatable bonds is 3. The zero-order chi connectivity index (χ0) is 19.8. The smallest absolute Gasteiger partial charge is 0.246 e. The van der Waals surface area contributed by atoms with Crippen LogP contribution in [0.25, 0.3) is 0 Å². The second-order valence-corrected chi connectivity index (χ2v) is 7.52. The van der Waals surface area contributed by atoms with E-state index in [1.54, 1.807) is 35.0 Å². The van der Waals surface area contributed by atoms with Crippen molar-refractivity contribution in [2.75, 3.05) is 31.6 Å². The Kier molecular flexibility index (Phi) is 6.67. The summed E-state index contributed by atoms with van der Waals surface area (Å²) in [5.41, 5.74) is 1.35. The Bertz CT molecular complexity index is 915. The lowest BCUT2D eigenvalue weighted by atomic mass is 10.1. The van der Waals surface area contributed by atoms with E-state index in [0.29, 0.717) is 29.6 Å². The molecule has 0 bridgehead atoms. The molecule has 2 atom stereocenters. The van der Waals surface area contributed by atoms with Crippen molar-refractivity contribution in [3.8, 4) is 0 Å². The lowest BCUT2D eigenvalue weighted by Gasteiger charge is -2.35. The summed E-state index contributed by atoms with van der Waals surface area (Å²) in [6, 6.07) is 4.81. The summed E-state index contributed by atoms with van der Waals surface area (Å²) in [5.74, 6) is 0.376. The molecule has 2 aliphatic rings. The maximum absolute atomic E-state index is 14.1. The van der Waals surface area contributed by atoms with E-state index in [9.17, 15) is 9.18 Å². The average Bonchev–Trinajstić information content (AvgIpc) is 3.28. The number of aryl methyl sites for hydroxylation is 1. The summed E-state index contributed by atoms with van der Waals surface area (Å²) < 4.78 is 15.8. The highest BCUT2D eigenvalue weighted by Gasteiger charge is 2.42. The summed E-state index contributed by atoms with van der Waals surface area (Å²) in [6.45, 7) is 1.43. The summed E-state index contributed by atoms with van der Waals surface area (Å²) in [4.78, 5) is 20.6. The van der Waals surface area contributed by atoms with Crippen LogP contribution in [0, 0.1) is 5.82 Å². The summed E-state index contributed by atoms with van der Waals surface area (Å²) >= 11 is 6.18. The molecule has 1 aliphatic heterocycles. The molecule has 2 aromatic rings. The number of hydrogen-bond donors (Lipinski definition) is 1. The Morgan fingerprint density at radius 1 is 1.38 bits per heavy atom. The maximum atomic E-state index is 14.1. The van der Waals surface area contributed by atoms with Crippen molar-refractivity contribution in [1.29, 1.82) is 0 Å². The molecule has 2 heterocycles. The molecule has 156 valence electrons. The van der Waals surface area contributed by atoms with E-state index in [-0.39, 0.29) is 54.2 Å². The maximum Gasteiger partial charge on any atom is 0.246 e. The van der Waals surface area contributed by atoms with Crippen molar-refractivity contribution in [2.45, 2.75) is 18.4 Å². The van der Waals surface area contributed by atoms with Crippen molar-refractivity contribution in [3.63, 3.8) is 0 Å². The molecule has 7 nitrogen and oxygen atoms in total. The van der Waals surface area contributed by atoms with Crippen LogP contribution in [-0.4, -0.2) is 59.3 Å². The lowest BCUT2D eigenvalue weighted by molar-refractivity contribution is -0.120. The van der Waals surface area contributed by atoms with Gasteiger partial charge in [0.25, 0.3) is 0 Å². The van der Waals surface area contributed by atoms with Crippen molar-refractivity contribution < 1.29 is 9.18 Å². The van der Waals surface area contributed by atoms with Gasteiger partial charge in [-0.3, -0.25) is 14.5 Å². The van der Waals surface area contributed by atoms with Gasteiger partial charge in [-0.25, -0.2) is 4.39 Å². The Morgan fingerprint density at radius 2 is 2.17 bits per heavy atom. The number of piperazine rings is 1. The number of aliphatic imine (C=N–C) groups is 1. The lowest BCUT2D eigenvalue weighted by Crippen LogP contribution is -2.55. The van der Waals surface area contributed by atoms with Gasteiger partial charge in [0.05, 0.1) is 11.9 Å². The minimum Gasteiger partial charge on any atom is -0.353 e. The molecule has 1 saturated carbocycles. The van der Waals surface area contributed by atoms with E-state index in [2.05, 4.69) is 15.4 Å². The highest BCUT2D eigenvalue weighted by atomic mass is 127. The third kappa shape index (κ3) is 4.50. The number of nitrogens with one attached hydrogen (secondary N) is 1. The van der Waals surface area contributed by atoms with Crippen LogP contribution in [0.15, 0.2) is 35.6 Å². The first-order chi connectivity index (χ1) is 13.5. The third-order valence-electron chi connectivity index (χ3n) is 5.21. The van der Waals surface area contributed by atoms with Crippen LogP contribution in [-0.2, 0) is 11.8 Å². The molecule has 10 heteroatoms. The number of hydrogen-bond acceptors (Lipinski definition) is 3. The Labute approximate surface area is 190 Å². The molecule has 0 spiro atoms. The number of carbonyl (C=O) groups is 1. The Morgan fingerprint density at radius 3 is 2.79 bits per heavy atom. The van der Waals surface area contributed by atoms with Crippen molar-refractivity contribution in [1.82, 2.24) is 20.0 Å². The zero-order valence-electron chi connectivity index (χ0n) is 16.2. The zero-order valence-corrected chi connectivity index (χ0v) is 19.3. The van der Waals surface area contributed by atoms with Crippen LogP contribution in [0.1, 0.15) is 17.9 Å². The number of guanidine groups is 1. The Balaban J connectivity index is 0.00000240. The molecule has 1 N–H and O–H groups in total. The second kappa shape index (κ2) is 8.86. The number of anilines is 1. The van der Waals surface area contributed by atoms with Crippen LogP contribution in [0.2, 0.25) is 5.02 Å². The highest BCUT2D eigenvalue weighted by Crippen LogP contribution is 2.45. The van der Waals surface area contributed by atoms with E-state index in [4.69, 9.17) is 11.6 Å². The van der Waals surface area contributed by atoms with Gasteiger partial charge in [-0.2, -0.15) is 5.10 Å². The number of amides is 1. The molecule has 0 radical (unpaired) electrons. The van der Waals surface area contributed by atoms with Crippen LogP contribution < -0.4 is 10.2 Å². The number of nitrogens with zero attached hydrogens (tertiary/aromatic N) is 5. The molecule has 4 rings (SSSR count). The fourth-order valence-electron chi connectivity index (χ4n) is 3.68. The van der Waals surface area contributed by atoms with Crippen LogP contribution in [0.3, 0.4) is 0 Å². The first kappa shape index (κ1) is 21.8. The quantitative estimate of drug-likeness (QED) is 0.375. The standard InChI is InChI=1S/C19H22ClFN6O.HI/c1-22-19(24-16-8-13(16)18-14(20)4-3-5-15(18)21)26-6-7-27(17(28)11-26)12-9-23-25(2)10-12;/h3-5,9-10,13,16H,6-8,11H2,1-2H3,(H,22,24);1H. The van der Waals surface area contributed by atoms with Gasteiger partial charge in [0.1, 0.15) is 12.4 Å². The summed E-state index contributed by atoms with van der Waals surface area (Å²) in [5, 5.41) is 7.93. The Hall–Kier alpha value is -1.88. The van der Waals surface area contributed by atoms with E-state index in [1.807, 2.05) is 18.1 Å². The second-order valence-electron chi connectivity index (χ2n) is 7.11. The highest BCUT2D eigenvalue weighted by molar-refractivity contribution is 14.0. The number of aromatic nitrogens is 2. The fraction of sp³-hybridized carbons (Fsp3) is 0.421. The predicted molar refractivity (Wildman–Crippen MR) is 122 cm³/mol. The molecular weight excluding hydrogens is 510 g/mol. The van der Waals surface area contributed by atoms with Gasteiger partial charge in [-0.05, 0) is 18.6 Å². The fourth-order valence-corrected chi connectivity index (χ4v) is 3.98. The van der Waals surface area contributed by atoms with Gasteiger partial charge in [0.15, 0.2) is 5.96 Å². The molecule has 29 heavy (non-hydrogen) atoms. The summed E-state index contributed by atoms with van der Waals surface area (Å²) in [7, 11) is 3.51.